The van der Waals surface area contributed by atoms with Crippen LogP contribution in [0.2, 0.25) is 5.02 Å². The van der Waals surface area contributed by atoms with Gasteiger partial charge in [-0.3, -0.25) is 0 Å². The van der Waals surface area contributed by atoms with Crippen LogP contribution in [0, 0.1) is 5.82 Å². The number of anilines is 2. The van der Waals surface area contributed by atoms with E-state index in [1.807, 2.05) is 31.3 Å². The number of benzene rings is 2. The number of nitrogens with one attached hydrogen (secondary N) is 1. The van der Waals surface area contributed by atoms with Gasteiger partial charge in [0.25, 0.3) is 0 Å². The summed E-state index contributed by atoms with van der Waals surface area (Å²) in [6, 6.07) is 12.9. The molecule has 2 rings (SSSR count). The summed E-state index contributed by atoms with van der Waals surface area (Å²) in [5, 5.41) is 3.96. The molecule has 0 atom stereocenters. The predicted octanol–water partition coefficient (Wildman–Crippen LogP) is 4.75. The second kappa shape index (κ2) is 6.92. The highest BCUT2D eigenvalue weighted by Gasteiger charge is 2.12. The van der Waals surface area contributed by atoms with Crippen LogP contribution in [-0.4, -0.2) is 13.1 Å². The van der Waals surface area contributed by atoms with Crippen LogP contribution in [0.5, 0.6) is 0 Å². The van der Waals surface area contributed by atoms with E-state index in [0.717, 1.165) is 17.8 Å². The molecule has 0 aliphatic carbocycles. The van der Waals surface area contributed by atoms with Gasteiger partial charge in [-0.25, -0.2) is 4.39 Å². The first-order chi connectivity index (χ1) is 9.99. The van der Waals surface area contributed by atoms with Crippen LogP contribution in [0.3, 0.4) is 0 Å². The quantitative estimate of drug-likeness (QED) is 0.858. The number of hydrogen-bond donors (Lipinski definition) is 1. The summed E-state index contributed by atoms with van der Waals surface area (Å²) in [5.74, 6) is -0.262. The highest BCUT2D eigenvalue weighted by molar-refractivity contribution is 6.33. The molecule has 0 bridgehead atoms. The van der Waals surface area contributed by atoms with Gasteiger partial charge in [0.1, 0.15) is 5.82 Å². The monoisotopic (exact) mass is 306 g/mol. The number of nitrogens with zero attached hydrogens (tertiary/aromatic N) is 1. The van der Waals surface area contributed by atoms with E-state index in [4.69, 9.17) is 11.6 Å². The van der Waals surface area contributed by atoms with E-state index in [0.29, 0.717) is 16.8 Å². The molecule has 0 aliphatic heterocycles. The van der Waals surface area contributed by atoms with Crippen molar-refractivity contribution in [3.8, 4) is 0 Å². The SMILES string of the molecule is CC(C)NCc1ccc(N(C)c2ccccc2F)c(Cl)c1. The largest absolute Gasteiger partial charge is 0.341 e. The van der Waals surface area contributed by atoms with Gasteiger partial charge in [0, 0.05) is 19.6 Å². The van der Waals surface area contributed by atoms with E-state index in [9.17, 15) is 4.39 Å². The molecule has 21 heavy (non-hydrogen) atoms. The molecule has 0 aromatic heterocycles. The van der Waals surface area contributed by atoms with E-state index in [-0.39, 0.29) is 5.82 Å². The molecule has 0 heterocycles. The third kappa shape index (κ3) is 3.96. The van der Waals surface area contributed by atoms with Crippen molar-refractivity contribution < 1.29 is 4.39 Å². The topological polar surface area (TPSA) is 15.3 Å². The Labute approximate surface area is 130 Å². The molecule has 0 unspecified atom stereocenters. The lowest BCUT2D eigenvalue weighted by molar-refractivity contribution is 0.589. The second-order valence-corrected chi connectivity index (χ2v) is 5.74. The van der Waals surface area contributed by atoms with Gasteiger partial charge in [0.2, 0.25) is 0 Å². The molecular formula is C17H20ClFN2. The molecule has 0 radical (unpaired) electrons. The van der Waals surface area contributed by atoms with E-state index in [1.54, 1.807) is 17.0 Å². The first-order valence-electron chi connectivity index (χ1n) is 6.99. The van der Waals surface area contributed by atoms with E-state index >= 15 is 0 Å². The Hall–Kier alpha value is -1.58. The average Bonchev–Trinajstić information content (AvgIpc) is 2.45. The molecule has 0 aliphatic rings. The Kier molecular flexibility index (Phi) is 5.21. The Morgan fingerprint density at radius 2 is 1.86 bits per heavy atom. The van der Waals surface area contributed by atoms with E-state index in [2.05, 4.69) is 19.2 Å². The lowest BCUT2D eigenvalue weighted by Gasteiger charge is -2.22. The summed E-state index contributed by atoms with van der Waals surface area (Å²) in [5.41, 5.74) is 2.40. The summed E-state index contributed by atoms with van der Waals surface area (Å²) in [7, 11) is 1.81. The Bertz CT molecular complexity index is 613. The molecule has 0 saturated carbocycles. The maximum Gasteiger partial charge on any atom is 0.146 e. The van der Waals surface area contributed by atoms with Crippen LogP contribution in [0.25, 0.3) is 0 Å². The minimum Gasteiger partial charge on any atom is -0.341 e. The zero-order valence-corrected chi connectivity index (χ0v) is 13.3. The molecule has 0 amide bonds. The van der Waals surface area contributed by atoms with Crippen molar-refractivity contribution in [2.75, 3.05) is 11.9 Å². The standard InChI is InChI=1S/C17H20ClFN2/c1-12(2)20-11-13-8-9-16(14(18)10-13)21(3)17-7-5-4-6-15(17)19/h4-10,12,20H,11H2,1-3H3. The van der Waals surface area contributed by atoms with Gasteiger partial charge in [-0.05, 0) is 29.8 Å². The van der Waals surface area contributed by atoms with Gasteiger partial charge in [-0.15, -0.1) is 0 Å². The normalized spacial score (nSPS) is 11.0. The number of rotatable bonds is 5. The van der Waals surface area contributed by atoms with Gasteiger partial charge in [0.05, 0.1) is 16.4 Å². The predicted molar refractivity (Wildman–Crippen MR) is 87.9 cm³/mol. The smallest absolute Gasteiger partial charge is 0.146 e. The van der Waals surface area contributed by atoms with E-state index < -0.39 is 0 Å². The van der Waals surface area contributed by atoms with Crippen LogP contribution < -0.4 is 10.2 Å². The van der Waals surface area contributed by atoms with Crippen molar-refractivity contribution in [3.05, 3.63) is 58.9 Å². The summed E-state index contributed by atoms with van der Waals surface area (Å²) in [6.07, 6.45) is 0. The Morgan fingerprint density at radius 1 is 1.14 bits per heavy atom. The molecule has 0 fully saturated rings. The summed E-state index contributed by atoms with van der Waals surface area (Å²) >= 11 is 6.35. The molecular weight excluding hydrogens is 287 g/mol. The van der Waals surface area contributed by atoms with Crippen molar-refractivity contribution in [2.45, 2.75) is 26.4 Å². The van der Waals surface area contributed by atoms with Crippen molar-refractivity contribution in [1.82, 2.24) is 5.32 Å². The molecule has 2 aromatic carbocycles. The molecule has 112 valence electrons. The average molecular weight is 307 g/mol. The lowest BCUT2D eigenvalue weighted by atomic mass is 10.1. The maximum absolute atomic E-state index is 13.9. The van der Waals surface area contributed by atoms with Crippen molar-refractivity contribution in [1.29, 1.82) is 0 Å². The highest BCUT2D eigenvalue weighted by atomic mass is 35.5. The van der Waals surface area contributed by atoms with Gasteiger partial charge in [-0.1, -0.05) is 43.6 Å². The fourth-order valence-electron chi connectivity index (χ4n) is 2.11. The minimum absolute atomic E-state index is 0.262. The van der Waals surface area contributed by atoms with Crippen molar-refractivity contribution in [2.24, 2.45) is 0 Å². The fourth-order valence-corrected chi connectivity index (χ4v) is 2.44. The molecule has 1 N–H and O–H groups in total. The fraction of sp³-hybridized carbons (Fsp3) is 0.294. The molecule has 0 spiro atoms. The molecule has 2 aromatic rings. The summed E-state index contributed by atoms with van der Waals surface area (Å²) in [4.78, 5) is 1.76. The highest BCUT2D eigenvalue weighted by Crippen LogP contribution is 2.32. The van der Waals surface area contributed by atoms with Crippen LogP contribution in [-0.2, 0) is 6.54 Å². The summed E-state index contributed by atoms with van der Waals surface area (Å²) < 4.78 is 13.9. The summed E-state index contributed by atoms with van der Waals surface area (Å²) in [6.45, 7) is 4.96. The molecule has 4 heteroatoms. The van der Waals surface area contributed by atoms with Crippen LogP contribution in [0.15, 0.2) is 42.5 Å². The van der Waals surface area contributed by atoms with Crippen molar-refractivity contribution in [3.63, 3.8) is 0 Å². The number of hydrogen-bond acceptors (Lipinski definition) is 2. The Balaban J connectivity index is 2.23. The first-order valence-corrected chi connectivity index (χ1v) is 7.37. The Morgan fingerprint density at radius 3 is 2.48 bits per heavy atom. The third-order valence-electron chi connectivity index (χ3n) is 3.30. The lowest BCUT2D eigenvalue weighted by Crippen LogP contribution is -2.21. The molecule has 2 nitrogen and oxygen atoms in total. The van der Waals surface area contributed by atoms with Crippen LogP contribution >= 0.6 is 11.6 Å². The van der Waals surface area contributed by atoms with Crippen molar-refractivity contribution >= 4 is 23.0 Å². The van der Waals surface area contributed by atoms with E-state index in [1.165, 1.54) is 6.07 Å². The third-order valence-corrected chi connectivity index (χ3v) is 3.60. The maximum atomic E-state index is 13.9. The van der Waals surface area contributed by atoms with Gasteiger partial charge in [-0.2, -0.15) is 0 Å². The number of halogens is 2. The number of para-hydroxylation sites is 1. The van der Waals surface area contributed by atoms with Gasteiger partial charge < -0.3 is 10.2 Å². The van der Waals surface area contributed by atoms with Gasteiger partial charge in [0.15, 0.2) is 0 Å². The molecule has 0 saturated heterocycles. The second-order valence-electron chi connectivity index (χ2n) is 5.33. The zero-order chi connectivity index (χ0) is 15.4. The zero-order valence-electron chi connectivity index (χ0n) is 12.5. The minimum atomic E-state index is -0.262. The van der Waals surface area contributed by atoms with Gasteiger partial charge >= 0.3 is 0 Å². The van der Waals surface area contributed by atoms with Crippen LogP contribution in [0.4, 0.5) is 15.8 Å². The van der Waals surface area contributed by atoms with Crippen LogP contribution in [0.1, 0.15) is 19.4 Å². The first kappa shape index (κ1) is 15.8.